The topological polar surface area (TPSA) is 101 Å². The Bertz CT molecular complexity index is 887. The number of carbonyl (C=O) groups is 1. The van der Waals surface area contributed by atoms with Gasteiger partial charge in [0.05, 0.1) is 36.1 Å². The molecular weight excluding hydrogens is 356 g/mol. The van der Waals surface area contributed by atoms with Crippen LogP contribution >= 0.6 is 11.8 Å². The smallest absolute Gasteiger partial charge is 0.256 e. The van der Waals surface area contributed by atoms with Crippen molar-refractivity contribution >= 4 is 17.7 Å². The molecule has 1 saturated heterocycles. The largest absolute Gasteiger partial charge is 0.387 e. The minimum atomic E-state index is -1.09. The summed E-state index contributed by atoms with van der Waals surface area (Å²) in [5.41, 5.74) is 2.20. The molecule has 4 heterocycles. The predicted molar refractivity (Wildman–Crippen MR) is 91.4 cm³/mol. The molecule has 2 N–H and O–H groups in total. The lowest BCUT2D eigenvalue weighted by Crippen LogP contribution is -2.68. The third-order valence-electron chi connectivity index (χ3n) is 5.39. The molecule has 26 heavy (non-hydrogen) atoms. The Morgan fingerprint density at radius 1 is 1.27 bits per heavy atom. The Labute approximate surface area is 153 Å². The molecule has 5 atom stereocenters. The lowest BCUT2D eigenvalue weighted by Gasteiger charge is -2.51. The van der Waals surface area contributed by atoms with E-state index in [2.05, 4.69) is 10.3 Å². The molecule has 1 fully saturated rings. The fraction of sp³-hybridized carbons (Fsp3) is 0.471. The molecule has 9 heteroatoms. The molecule has 0 unspecified atom stereocenters. The SMILES string of the molecule is Cc1nnn2c1CO[C@H]1[C@H](O)[C@H](O)[C@@H]3Sc4ccccc4C(=O)N3[C@H]1C2. The van der Waals surface area contributed by atoms with Crippen LogP contribution in [0, 0.1) is 6.92 Å². The second kappa shape index (κ2) is 5.78. The number of fused-ring (bicyclic) bond motifs is 5. The number of carbonyl (C=O) groups excluding carboxylic acids is 1. The van der Waals surface area contributed by atoms with Gasteiger partial charge in [-0.1, -0.05) is 29.1 Å². The van der Waals surface area contributed by atoms with Crippen LogP contribution in [0.25, 0.3) is 0 Å². The maximum Gasteiger partial charge on any atom is 0.256 e. The maximum absolute atomic E-state index is 13.2. The van der Waals surface area contributed by atoms with E-state index < -0.39 is 29.7 Å². The molecule has 3 aliphatic heterocycles. The zero-order valence-electron chi connectivity index (χ0n) is 14.0. The highest BCUT2D eigenvalue weighted by atomic mass is 32.2. The van der Waals surface area contributed by atoms with Gasteiger partial charge in [-0.15, -0.1) is 5.10 Å². The highest BCUT2D eigenvalue weighted by molar-refractivity contribution is 8.00. The molecule has 0 bridgehead atoms. The van der Waals surface area contributed by atoms with E-state index in [0.717, 1.165) is 16.3 Å². The summed E-state index contributed by atoms with van der Waals surface area (Å²) in [6, 6.07) is 6.91. The van der Waals surface area contributed by atoms with Gasteiger partial charge in [0, 0.05) is 4.90 Å². The summed E-state index contributed by atoms with van der Waals surface area (Å²) in [5.74, 6) is -0.158. The molecule has 1 amide bonds. The van der Waals surface area contributed by atoms with Crippen LogP contribution in [0.5, 0.6) is 0 Å². The van der Waals surface area contributed by atoms with Crippen molar-refractivity contribution in [1.29, 1.82) is 0 Å². The fourth-order valence-corrected chi connectivity index (χ4v) is 5.37. The van der Waals surface area contributed by atoms with Crippen molar-refractivity contribution < 1.29 is 19.7 Å². The van der Waals surface area contributed by atoms with E-state index in [1.807, 2.05) is 25.1 Å². The third-order valence-corrected chi connectivity index (χ3v) is 6.75. The molecule has 2 aromatic rings. The first-order valence-electron chi connectivity index (χ1n) is 8.51. The van der Waals surface area contributed by atoms with Crippen molar-refractivity contribution in [2.24, 2.45) is 0 Å². The van der Waals surface area contributed by atoms with Crippen molar-refractivity contribution in [1.82, 2.24) is 19.9 Å². The number of piperidine rings is 1. The van der Waals surface area contributed by atoms with Gasteiger partial charge in [-0.05, 0) is 19.1 Å². The number of aliphatic hydroxyl groups is 2. The lowest BCUT2D eigenvalue weighted by molar-refractivity contribution is -0.159. The van der Waals surface area contributed by atoms with Crippen LogP contribution in [-0.2, 0) is 17.9 Å². The number of aliphatic hydroxyl groups excluding tert-OH is 2. The third kappa shape index (κ3) is 2.18. The molecule has 0 saturated carbocycles. The number of thioether (sulfide) groups is 1. The number of aromatic nitrogens is 3. The molecule has 8 nitrogen and oxygen atoms in total. The number of aryl methyl sites for hydroxylation is 1. The standard InChI is InChI=1S/C17H18N4O4S/c1-8-11-7-25-15-10(6-20(11)19-18-8)21-16(24)9-4-2-3-5-12(9)26-17(21)14(23)13(15)22/h2-5,10,13-15,17,22-23H,6-7H2,1H3/t10-,13+,14-,15+,17-/m0/s1. The van der Waals surface area contributed by atoms with Crippen LogP contribution in [-0.4, -0.2) is 65.7 Å². The van der Waals surface area contributed by atoms with Crippen LogP contribution < -0.4 is 0 Å². The molecule has 1 aromatic heterocycles. The van der Waals surface area contributed by atoms with Crippen LogP contribution in [0.4, 0.5) is 0 Å². The van der Waals surface area contributed by atoms with Gasteiger partial charge in [0.25, 0.3) is 5.91 Å². The molecular formula is C17H18N4O4S. The van der Waals surface area contributed by atoms with E-state index in [1.165, 1.54) is 11.8 Å². The first kappa shape index (κ1) is 16.2. The first-order valence-corrected chi connectivity index (χ1v) is 9.39. The Morgan fingerprint density at radius 3 is 2.92 bits per heavy atom. The van der Waals surface area contributed by atoms with Crippen LogP contribution in [0.2, 0.25) is 0 Å². The summed E-state index contributed by atoms with van der Waals surface area (Å²) in [6.07, 6.45) is -2.86. The Morgan fingerprint density at radius 2 is 2.08 bits per heavy atom. The van der Waals surface area contributed by atoms with Gasteiger partial charge in [0.15, 0.2) is 0 Å². The molecule has 0 aliphatic carbocycles. The molecule has 136 valence electrons. The number of benzene rings is 1. The molecule has 0 spiro atoms. The summed E-state index contributed by atoms with van der Waals surface area (Å²) in [6.45, 7) is 2.46. The predicted octanol–water partition coefficient (Wildman–Crippen LogP) is 0.164. The zero-order chi connectivity index (χ0) is 18.0. The van der Waals surface area contributed by atoms with Crippen LogP contribution in [0.15, 0.2) is 29.2 Å². The van der Waals surface area contributed by atoms with Crippen molar-refractivity contribution in [2.45, 2.75) is 54.7 Å². The van der Waals surface area contributed by atoms with Gasteiger partial charge in [0.1, 0.15) is 23.7 Å². The number of nitrogens with zero attached hydrogens (tertiary/aromatic N) is 4. The van der Waals surface area contributed by atoms with Gasteiger partial charge in [0.2, 0.25) is 0 Å². The van der Waals surface area contributed by atoms with Gasteiger partial charge in [-0.3, -0.25) is 4.79 Å². The fourth-order valence-electron chi connectivity index (χ4n) is 4.01. The summed E-state index contributed by atoms with van der Waals surface area (Å²) in [4.78, 5) is 15.7. The molecule has 3 aliphatic rings. The van der Waals surface area contributed by atoms with E-state index >= 15 is 0 Å². The highest BCUT2D eigenvalue weighted by Gasteiger charge is 2.54. The maximum atomic E-state index is 13.2. The Kier molecular flexibility index (Phi) is 3.61. The van der Waals surface area contributed by atoms with E-state index in [0.29, 0.717) is 12.1 Å². The second-order valence-corrected chi connectivity index (χ2v) is 8.00. The number of hydrogen-bond acceptors (Lipinski definition) is 7. The van der Waals surface area contributed by atoms with Gasteiger partial charge in [-0.25, -0.2) is 4.68 Å². The van der Waals surface area contributed by atoms with Crippen molar-refractivity contribution in [2.75, 3.05) is 0 Å². The second-order valence-electron chi connectivity index (χ2n) is 6.84. The minimum absolute atomic E-state index is 0.158. The normalized spacial score (nSPS) is 33.0. The first-order chi connectivity index (χ1) is 12.6. The zero-order valence-corrected chi connectivity index (χ0v) is 14.8. The van der Waals surface area contributed by atoms with Gasteiger partial charge >= 0.3 is 0 Å². The summed E-state index contributed by atoms with van der Waals surface area (Å²) in [7, 11) is 0. The van der Waals surface area contributed by atoms with Crippen molar-refractivity contribution in [3.05, 3.63) is 41.2 Å². The summed E-state index contributed by atoms with van der Waals surface area (Å²) >= 11 is 1.40. The quantitative estimate of drug-likeness (QED) is 0.678. The lowest BCUT2D eigenvalue weighted by atomic mass is 9.92. The summed E-state index contributed by atoms with van der Waals surface area (Å²) in [5, 5.41) is 29.0. The Balaban J connectivity index is 1.60. The van der Waals surface area contributed by atoms with E-state index in [1.54, 1.807) is 15.6 Å². The summed E-state index contributed by atoms with van der Waals surface area (Å²) < 4.78 is 7.66. The molecule has 5 rings (SSSR count). The van der Waals surface area contributed by atoms with E-state index in [-0.39, 0.29) is 12.5 Å². The highest BCUT2D eigenvalue weighted by Crippen LogP contribution is 2.43. The van der Waals surface area contributed by atoms with Crippen LogP contribution in [0.3, 0.4) is 0 Å². The van der Waals surface area contributed by atoms with Crippen molar-refractivity contribution in [3.8, 4) is 0 Å². The number of hydrogen-bond donors (Lipinski definition) is 2. The van der Waals surface area contributed by atoms with Crippen molar-refractivity contribution in [3.63, 3.8) is 0 Å². The van der Waals surface area contributed by atoms with Gasteiger partial charge in [-0.2, -0.15) is 0 Å². The van der Waals surface area contributed by atoms with E-state index in [4.69, 9.17) is 4.74 Å². The minimum Gasteiger partial charge on any atom is -0.387 e. The van der Waals surface area contributed by atoms with Gasteiger partial charge < -0.3 is 19.8 Å². The average Bonchev–Trinajstić information content (AvgIpc) is 2.87. The molecule has 1 aromatic carbocycles. The monoisotopic (exact) mass is 374 g/mol. The average molecular weight is 374 g/mol. The molecule has 0 radical (unpaired) electrons. The number of rotatable bonds is 0. The van der Waals surface area contributed by atoms with Crippen LogP contribution in [0.1, 0.15) is 21.7 Å². The Hall–Kier alpha value is -1.94. The van der Waals surface area contributed by atoms with E-state index in [9.17, 15) is 15.0 Å². The number of ether oxygens (including phenoxy) is 1. The number of amides is 1.